The fraction of sp³-hybridized carbons (Fsp3) is 0.481. The zero-order valence-corrected chi connectivity index (χ0v) is 22.9. The highest BCUT2D eigenvalue weighted by molar-refractivity contribution is 7.98. The van der Waals surface area contributed by atoms with Crippen molar-refractivity contribution in [1.82, 2.24) is 5.32 Å². The quantitative estimate of drug-likeness (QED) is 0.307. The first kappa shape index (κ1) is 29.1. The Bertz CT molecular complexity index is 1300. The van der Waals surface area contributed by atoms with E-state index < -0.39 is 36.9 Å². The number of aliphatic hydroxyl groups excluding tert-OH is 3. The largest absolute Gasteiger partial charge is 0.492 e. The number of carbonyl (C=O) groups is 1. The first-order valence-corrected chi connectivity index (χ1v) is 13.6. The number of benzene rings is 1. The number of fused-ring (bicyclic) bond motifs is 3. The minimum absolute atomic E-state index is 0.167. The van der Waals surface area contributed by atoms with Crippen molar-refractivity contribution >= 4 is 17.7 Å². The van der Waals surface area contributed by atoms with Gasteiger partial charge in [0.1, 0.15) is 6.10 Å². The number of aryl methyl sites for hydroxylation is 1. The van der Waals surface area contributed by atoms with Gasteiger partial charge in [-0.1, -0.05) is 6.07 Å². The summed E-state index contributed by atoms with van der Waals surface area (Å²) in [5, 5.41) is 43.3. The first-order valence-electron chi connectivity index (χ1n) is 12.4. The van der Waals surface area contributed by atoms with Gasteiger partial charge in [-0.25, -0.2) is 0 Å². The Balaban J connectivity index is 1.88. The van der Waals surface area contributed by atoms with Crippen LogP contribution in [-0.2, 0) is 16.0 Å². The molecule has 212 valence electrons. The van der Waals surface area contributed by atoms with Crippen LogP contribution in [0.15, 0.2) is 34.0 Å². The Morgan fingerprint density at radius 1 is 1.21 bits per heavy atom. The summed E-state index contributed by atoms with van der Waals surface area (Å²) in [7, 11) is 2.89. The van der Waals surface area contributed by atoms with Gasteiger partial charge in [-0.05, 0) is 54.0 Å². The highest BCUT2D eigenvalue weighted by Gasteiger charge is 2.49. The third kappa shape index (κ3) is 5.58. The van der Waals surface area contributed by atoms with Crippen LogP contribution in [0, 0.1) is 0 Å². The molecule has 2 aromatic carbocycles. The second kappa shape index (κ2) is 11.7. The monoisotopic (exact) mass is 563 g/mol. The Morgan fingerprint density at radius 2 is 1.92 bits per heavy atom. The van der Waals surface area contributed by atoms with Crippen LogP contribution in [0.1, 0.15) is 36.9 Å². The molecule has 2 aromatic rings. The molecule has 1 amide bonds. The van der Waals surface area contributed by atoms with Gasteiger partial charge in [-0.3, -0.25) is 9.59 Å². The van der Waals surface area contributed by atoms with Gasteiger partial charge in [0.2, 0.25) is 23.7 Å². The average Bonchev–Trinajstić information content (AvgIpc) is 3.14. The number of thioether (sulfide) groups is 1. The van der Waals surface area contributed by atoms with E-state index in [0.717, 1.165) is 5.56 Å². The van der Waals surface area contributed by atoms with Gasteiger partial charge in [-0.15, -0.1) is 11.8 Å². The number of methoxy groups -OCH3 is 2. The topological polar surface area (TPSA) is 164 Å². The second-order valence-corrected chi connectivity index (χ2v) is 10.3. The Hall–Kier alpha value is -2.87. The molecule has 0 spiro atoms. The van der Waals surface area contributed by atoms with Crippen LogP contribution < -0.4 is 25.0 Å². The molecule has 1 aliphatic heterocycles. The van der Waals surface area contributed by atoms with Crippen LogP contribution in [0.25, 0.3) is 11.1 Å². The number of carbonyl (C=O) groups excluding carboxylic acids is 1. The molecule has 0 aromatic heterocycles. The molecule has 4 rings (SSSR count). The summed E-state index contributed by atoms with van der Waals surface area (Å²) in [5.74, 6) is -1.98. The lowest BCUT2D eigenvalue weighted by Gasteiger charge is -2.41. The summed E-state index contributed by atoms with van der Waals surface area (Å²) in [5.41, 5.74) is 2.60. The number of aliphatic hydroxyl groups is 4. The van der Waals surface area contributed by atoms with E-state index in [-0.39, 0.29) is 29.3 Å². The van der Waals surface area contributed by atoms with Gasteiger partial charge in [0.05, 0.1) is 37.9 Å². The maximum atomic E-state index is 13.0. The van der Waals surface area contributed by atoms with Crippen molar-refractivity contribution in [2.45, 2.75) is 61.4 Å². The van der Waals surface area contributed by atoms with Gasteiger partial charge in [0.15, 0.2) is 16.9 Å². The first-order chi connectivity index (χ1) is 18.6. The fourth-order valence-corrected chi connectivity index (χ4v) is 5.58. The third-order valence-electron chi connectivity index (χ3n) is 6.96. The maximum absolute atomic E-state index is 13.0. The van der Waals surface area contributed by atoms with Gasteiger partial charge < -0.3 is 44.7 Å². The Kier molecular flexibility index (Phi) is 8.74. The van der Waals surface area contributed by atoms with Crippen LogP contribution in [0.3, 0.4) is 0 Å². The van der Waals surface area contributed by atoms with Gasteiger partial charge in [-0.2, -0.15) is 0 Å². The molecule has 1 fully saturated rings. The zero-order chi connectivity index (χ0) is 28.5. The number of rotatable bonds is 7. The Morgan fingerprint density at radius 3 is 2.54 bits per heavy atom. The summed E-state index contributed by atoms with van der Waals surface area (Å²) in [4.78, 5) is 25.6. The molecule has 5 N–H and O–H groups in total. The van der Waals surface area contributed by atoms with Crippen molar-refractivity contribution in [3.8, 4) is 28.4 Å². The summed E-state index contributed by atoms with van der Waals surface area (Å²) in [6.45, 7) is 0.457. The lowest BCUT2D eigenvalue weighted by atomic mass is 9.95. The van der Waals surface area contributed by atoms with E-state index in [1.807, 2.05) is 12.3 Å². The predicted octanol–water partition coefficient (Wildman–Crippen LogP) is 1.10. The molecule has 2 aliphatic rings. The van der Waals surface area contributed by atoms with Crippen LogP contribution >= 0.6 is 11.8 Å². The van der Waals surface area contributed by atoms with E-state index >= 15 is 0 Å². The molecule has 12 heteroatoms. The van der Waals surface area contributed by atoms with Crippen molar-refractivity contribution in [1.29, 1.82) is 0 Å². The molecule has 0 bridgehead atoms. The van der Waals surface area contributed by atoms with E-state index in [4.69, 9.17) is 18.9 Å². The molecule has 11 nitrogen and oxygen atoms in total. The molecule has 0 saturated carbocycles. The second-order valence-electron chi connectivity index (χ2n) is 9.46. The normalized spacial score (nSPS) is 26.1. The third-order valence-corrected chi connectivity index (χ3v) is 7.74. The molecule has 1 aliphatic carbocycles. The molecular weight excluding hydrogens is 530 g/mol. The van der Waals surface area contributed by atoms with Gasteiger partial charge >= 0.3 is 0 Å². The van der Waals surface area contributed by atoms with Crippen molar-refractivity contribution < 1.29 is 44.2 Å². The molecular formula is C27H33NO10S. The van der Waals surface area contributed by atoms with Crippen molar-refractivity contribution in [3.05, 3.63) is 45.6 Å². The lowest BCUT2D eigenvalue weighted by molar-refractivity contribution is -0.360. The van der Waals surface area contributed by atoms with Gasteiger partial charge in [0.25, 0.3) is 0 Å². The summed E-state index contributed by atoms with van der Waals surface area (Å²) < 4.78 is 22.9. The summed E-state index contributed by atoms with van der Waals surface area (Å²) in [6, 6.07) is 6.38. The highest BCUT2D eigenvalue weighted by Crippen LogP contribution is 2.51. The van der Waals surface area contributed by atoms with E-state index in [2.05, 4.69) is 5.32 Å². The van der Waals surface area contributed by atoms with E-state index in [1.165, 1.54) is 32.9 Å². The fourth-order valence-electron chi connectivity index (χ4n) is 5.11. The number of ether oxygens (including phenoxy) is 4. The standard InChI is InChI=1S/C27H33NO10S/c1-13(30)28-17-7-5-14-9-20(37-22-11-19(32)26(33)27(34,12-29)38-22)24(35-2)25(36-3)23(14)15-6-8-21(39-4)18(31)10-16(15)17/h6,8-10,17,19,22,26,29,32-34H,5,7,11-12H2,1-4H3,(H,28,30)/t17-,19-,22-,26-,27+/m0/s1. The van der Waals surface area contributed by atoms with E-state index in [1.54, 1.807) is 18.2 Å². The van der Waals surface area contributed by atoms with Crippen molar-refractivity contribution in [2.24, 2.45) is 0 Å². The van der Waals surface area contributed by atoms with Crippen molar-refractivity contribution in [3.63, 3.8) is 0 Å². The highest BCUT2D eigenvalue weighted by atomic mass is 32.2. The van der Waals surface area contributed by atoms with Crippen LogP contribution in [0.4, 0.5) is 0 Å². The lowest BCUT2D eigenvalue weighted by Crippen LogP contribution is -2.61. The smallest absolute Gasteiger partial charge is 0.221 e. The molecule has 1 heterocycles. The molecule has 1 saturated heterocycles. The van der Waals surface area contributed by atoms with Gasteiger partial charge in [0, 0.05) is 18.9 Å². The SMILES string of the molecule is COc1c(O[C@@H]2C[C@H](O)[C@H](O)[C@@](O)(CO)O2)cc2c(c1OC)-c1ccc(SC)c(=O)cc1[C@@H](NC(C)=O)CC2. The molecule has 0 unspecified atom stereocenters. The van der Waals surface area contributed by atoms with Crippen LogP contribution in [-0.4, -0.2) is 77.7 Å². The van der Waals surface area contributed by atoms with E-state index in [0.29, 0.717) is 40.2 Å². The summed E-state index contributed by atoms with van der Waals surface area (Å²) in [6.07, 6.45) is -1.84. The molecule has 39 heavy (non-hydrogen) atoms. The maximum Gasteiger partial charge on any atom is 0.221 e. The van der Waals surface area contributed by atoms with Crippen LogP contribution in [0.5, 0.6) is 17.2 Å². The average molecular weight is 564 g/mol. The van der Waals surface area contributed by atoms with Crippen molar-refractivity contribution in [2.75, 3.05) is 27.1 Å². The molecule has 0 radical (unpaired) electrons. The number of hydrogen-bond acceptors (Lipinski definition) is 11. The summed E-state index contributed by atoms with van der Waals surface area (Å²) >= 11 is 1.32. The zero-order valence-electron chi connectivity index (χ0n) is 22.1. The number of amides is 1. The van der Waals surface area contributed by atoms with Crippen LogP contribution in [0.2, 0.25) is 0 Å². The predicted molar refractivity (Wildman–Crippen MR) is 142 cm³/mol. The molecule has 5 atom stereocenters. The minimum Gasteiger partial charge on any atom is -0.492 e. The van der Waals surface area contributed by atoms with E-state index in [9.17, 15) is 30.0 Å². The number of hydrogen-bond donors (Lipinski definition) is 5. The number of nitrogens with one attached hydrogen (secondary N) is 1. The minimum atomic E-state index is -2.42. The Labute approximate surface area is 229 Å².